The number of rotatable bonds is 2. The summed E-state index contributed by atoms with van der Waals surface area (Å²) in [5.41, 5.74) is 1.34. The van der Waals surface area contributed by atoms with Gasteiger partial charge < -0.3 is 14.9 Å². The van der Waals surface area contributed by atoms with E-state index in [0.29, 0.717) is 11.3 Å². The van der Waals surface area contributed by atoms with E-state index < -0.39 is 0 Å². The fourth-order valence-corrected chi connectivity index (χ4v) is 1.03. The van der Waals surface area contributed by atoms with Crippen molar-refractivity contribution in [2.75, 3.05) is 7.11 Å². The second-order valence-corrected chi connectivity index (χ2v) is 2.61. The number of hydrogen-bond acceptors (Lipinski definition) is 3. The molecular weight excluding hydrogens is 156 g/mol. The number of phenols is 1. The third-order valence-corrected chi connectivity index (χ3v) is 1.77. The van der Waals surface area contributed by atoms with Crippen LogP contribution < -0.4 is 4.74 Å². The fourth-order valence-electron chi connectivity index (χ4n) is 1.03. The number of aryl methyl sites for hydroxylation is 1. The van der Waals surface area contributed by atoms with E-state index in [1.54, 1.807) is 13.0 Å². The van der Waals surface area contributed by atoms with Crippen molar-refractivity contribution in [3.05, 3.63) is 23.3 Å². The highest BCUT2D eigenvalue weighted by atomic mass is 16.5. The molecule has 3 heteroatoms. The zero-order chi connectivity index (χ0) is 9.14. The molecule has 2 N–H and O–H groups in total. The lowest BCUT2D eigenvalue weighted by atomic mass is 10.1. The van der Waals surface area contributed by atoms with Gasteiger partial charge in [-0.3, -0.25) is 0 Å². The summed E-state index contributed by atoms with van der Waals surface area (Å²) in [7, 11) is 1.53. The molecule has 66 valence electrons. The molecule has 0 aromatic heterocycles. The topological polar surface area (TPSA) is 49.7 Å². The van der Waals surface area contributed by atoms with Gasteiger partial charge in [-0.2, -0.15) is 0 Å². The Kier molecular flexibility index (Phi) is 2.55. The Hall–Kier alpha value is -1.22. The van der Waals surface area contributed by atoms with Crippen molar-refractivity contribution < 1.29 is 14.9 Å². The molecule has 1 aromatic rings. The van der Waals surface area contributed by atoms with E-state index in [4.69, 9.17) is 9.84 Å². The van der Waals surface area contributed by atoms with Gasteiger partial charge in [0.2, 0.25) is 0 Å². The Balaban J connectivity index is 3.19. The maximum Gasteiger partial charge on any atom is 0.124 e. The van der Waals surface area contributed by atoms with E-state index >= 15 is 0 Å². The maximum absolute atomic E-state index is 9.28. The highest BCUT2D eigenvalue weighted by Crippen LogP contribution is 2.26. The summed E-state index contributed by atoms with van der Waals surface area (Å²) < 4.78 is 5.00. The highest BCUT2D eigenvalue weighted by Gasteiger charge is 2.05. The van der Waals surface area contributed by atoms with Gasteiger partial charge in [0.25, 0.3) is 0 Å². The molecule has 0 saturated heterocycles. The summed E-state index contributed by atoms with van der Waals surface area (Å²) in [6.07, 6.45) is 0. The lowest BCUT2D eigenvalue weighted by molar-refractivity contribution is 0.273. The van der Waals surface area contributed by atoms with Crippen LogP contribution in [0.15, 0.2) is 12.1 Å². The van der Waals surface area contributed by atoms with Gasteiger partial charge >= 0.3 is 0 Å². The van der Waals surface area contributed by atoms with E-state index in [0.717, 1.165) is 5.56 Å². The van der Waals surface area contributed by atoms with Crippen molar-refractivity contribution in [2.45, 2.75) is 13.5 Å². The molecular formula is C9H12O3. The van der Waals surface area contributed by atoms with E-state index in [1.807, 2.05) is 0 Å². The van der Waals surface area contributed by atoms with Crippen molar-refractivity contribution in [3.8, 4) is 11.5 Å². The van der Waals surface area contributed by atoms with Gasteiger partial charge in [-0.25, -0.2) is 0 Å². The first-order chi connectivity index (χ1) is 5.69. The number of ether oxygens (including phenoxy) is 1. The Bertz CT molecular complexity index is 252. The van der Waals surface area contributed by atoms with E-state index in [-0.39, 0.29) is 12.4 Å². The number of hydrogen-bond donors (Lipinski definition) is 2. The first-order valence-corrected chi connectivity index (χ1v) is 3.66. The molecule has 0 amide bonds. The second kappa shape index (κ2) is 3.45. The Morgan fingerprint density at radius 3 is 2.58 bits per heavy atom. The van der Waals surface area contributed by atoms with Crippen LogP contribution in [0.25, 0.3) is 0 Å². The zero-order valence-electron chi connectivity index (χ0n) is 7.16. The van der Waals surface area contributed by atoms with Crippen LogP contribution in [0.4, 0.5) is 0 Å². The van der Waals surface area contributed by atoms with Gasteiger partial charge in [0.05, 0.1) is 13.7 Å². The van der Waals surface area contributed by atoms with E-state index in [1.165, 1.54) is 13.2 Å². The number of aliphatic hydroxyl groups is 1. The van der Waals surface area contributed by atoms with Crippen LogP contribution in [0.3, 0.4) is 0 Å². The Morgan fingerprint density at radius 1 is 1.42 bits per heavy atom. The molecule has 0 atom stereocenters. The number of phenolic OH excluding ortho intramolecular Hbond substituents is 1. The predicted molar refractivity (Wildman–Crippen MR) is 45.3 cm³/mol. The molecule has 0 aliphatic rings. The van der Waals surface area contributed by atoms with Crippen LogP contribution in [0, 0.1) is 6.92 Å². The third-order valence-electron chi connectivity index (χ3n) is 1.77. The first kappa shape index (κ1) is 8.87. The van der Waals surface area contributed by atoms with Crippen LogP contribution in [0.2, 0.25) is 0 Å². The van der Waals surface area contributed by atoms with Crippen LogP contribution in [-0.2, 0) is 6.61 Å². The average molecular weight is 168 g/mol. The van der Waals surface area contributed by atoms with Gasteiger partial charge in [-0.05, 0) is 24.6 Å². The minimum absolute atomic E-state index is 0.128. The lowest BCUT2D eigenvalue weighted by Gasteiger charge is -2.08. The van der Waals surface area contributed by atoms with Gasteiger partial charge in [0.15, 0.2) is 0 Å². The Morgan fingerprint density at radius 2 is 2.08 bits per heavy atom. The lowest BCUT2D eigenvalue weighted by Crippen LogP contribution is -1.92. The molecule has 0 radical (unpaired) electrons. The summed E-state index contributed by atoms with van der Waals surface area (Å²) in [6.45, 7) is 1.65. The number of methoxy groups -OCH3 is 1. The number of aromatic hydroxyl groups is 1. The second-order valence-electron chi connectivity index (χ2n) is 2.61. The van der Waals surface area contributed by atoms with Crippen molar-refractivity contribution in [3.63, 3.8) is 0 Å². The minimum Gasteiger partial charge on any atom is -0.508 e. The smallest absolute Gasteiger partial charge is 0.124 e. The van der Waals surface area contributed by atoms with E-state index in [2.05, 4.69) is 0 Å². The van der Waals surface area contributed by atoms with Crippen LogP contribution in [0.1, 0.15) is 11.1 Å². The van der Waals surface area contributed by atoms with Crippen molar-refractivity contribution in [1.29, 1.82) is 0 Å². The summed E-state index contributed by atoms with van der Waals surface area (Å²) in [6, 6.07) is 3.20. The monoisotopic (exact) mass is 168 g/mol. The van der Waals surface area contributed by atoms with Gasteiger partial charge in [-0.1, -0.05) is 0 Å². The van der Waals surface area contributed by atoms with Crippen LogP contribution in [0.5, 0.6) is 11.5 Å². The molecule has 0 fully saturated rings. The average Bonchev–Trinajstić information content (AvgIpc) is 2.09. The summed E-state index contributed by atoms with van der Waals surface area (Å²) >= 11 is 0. The molecule has 0 saturated carbocycles. The SMILES string of the molecule is COc1cc(C)c(O)cc1CO. The molecule has 0 unspecified atom stereocenters. The molecule has 1 aromatic carbocycles. The number of benzene rings is 1. The molecule has 3 nitrogen and oxygen atoms in total. The molecule has 0 aliphatic carbocycles. The van der Waals surface area contributed by atoms with Crippen LogP contribution in [-0.4, -0.2) is 17.3 Å². The molecule has 0 spiro atoms. The standard InChI is InChI=1S/C9H12O3/c1-6-3-9(12-2)7(5-10)4-8(6)11/h3-4,10-11H,5H2,1-2H3. The summed E-state index contributed by atoms with van der Waals surface area (Å²) in [5.74, 6) is 0.785. The van der Waals surface area contributed by atoms with Gasteiger partial charge in [-0.15, -0.1) is 0 Å². The molecule has 0 bridgehead atoms. The van der Waals surface area contributed by atoms with Gasteiger partial charge in [0.1, 0.15) is 11.5 Å². The van der Waals surface area contributed by atoms with Crippen molar-refractivity contribution in [2.24, 2.45) is 0 Å². The maximum atomic E-state index is 9.28. The van der Waals surface area contributed by atoms with E-state index in [9.17, 15) is 5.11 Å². The quantitative estimate of drug-likeness (QED) is 0.697. The van der Waals surface area contributed by atoms with Gasteiger partial charge in [0, 0.05) is 5.56 Å². The number of aliphatic hydroxyl groups excluding tert-OH is 1. The highest BCUT2D eigenvalue weighted by molar-refractivity contribution is 5.44. The summed E-state index contributed by atoms with van der Waals surface area (Å²) in [5, 5.41) is 18.2. The molecule has 0 aliphatic heterocycles. The molecule has 12 heavy (non-hydrogen) atoms. The van der Waals surface area contributed by atoms with Crippen molar-refractivity contribution in [1.82, 2.24) is 0 Å². The zero-order valence-corrected chi connectivity index (χ0v) is 7.16. The fraction of sp³-hybridized carbons (Fsp3) is 0.333. The normalized spacial score (nSPS) is 9.92. The molecule has 0 heterocycles. The predicted octanol–water partition coefficient (Wildman–Crippen LogP) is 1.20. The largest absolute Gasteiger partial charge is 0.508 e. The first-order valence-electron chi connectivity index (χ1n) is 3.66. The van der Waals surface area contributed by atoms with Crippen LogP contribution >= 0.6 is 0 Å². The Labute approximate surface area is 71.2 Å². The minimum atomic E-state index is -0.128. The summed E-state index contributed by atoms with van der Waals surface area (Å²) in [4.78, 5) is 0. The van der Waals surface area contributed by atoms with Crippen molar-refractivity contribution >= 4 is 0 Å². The third kappa shape index (κ3) is 1.51. The molecule has 1 rings (SSSR count).